The van der Waals surface area contributed by atoms with Crippen molar-refractivity contribution in [1.29, 1.82) is 0 Å². The number of likely N-dealkylation sites (N-methyl/N-ethyl adjacent to an activating group) is 1. The molecule has 0 aliphatic carbocycles. The van der Waals surface area contributed by atoms with Crippen molar-refractivity contribution in [2.24, 2.45) is 12.8 Å². The van der Waals surface area contributed by atoms with E-state index in [0.29, 0.717) is 6.54 Å². The zero-order valence-electron chi connectivity index (χ0n) is 10.5. The van der Waals surface area contributed by atoms with E-state index < -0.39 is 0 Å². The smallest absolute Gasteiger partial charge is 0.169 e. The Bertz CT molecular complexity index is 508. The molecule has 0 fully saturated rings. The van der Waals surface area contributed by atoms with Crippen molar-refractivity contribution >= 4 is 15.9 Å². The quantitative estimate of drug-likeness (QED) is 0.916. The molecule has 0 saturated carbocycles. The maximum Gasteiger partial charge on any atom is 0.169 e. The van der Waals surface area contributed by atoms with Gasteiger partial charge in [0.15, 0.2) is 4.67 Å². The van der Waals surface area contributed by atoms with Crippen LogP contribution < -0.4 is 5.73 Å². The van der Waals surface area contributed by atoms with Gasteiger partial charge in [-0.2, -0.15) is 0 Å². The Morgan fingerprint density at radius 2 is 2.33 bits per heavy atom. The minimum absolute atomic E-state index is 0.0491. The minimum Gasteiger partial charge on any atom is -0.453 e. The molecule has 2 aromatic heterocycles. The predicted molar refractivity (Wildman–Crippen MR) is 72.9 cm³/mol. The van der Waals surface area contributed by atoms with E-state index in [4.69, 9.17) is 10.2 Å². The second-order valence-corrected chi connectivity index (χ2v) is 5.04. The van der Waals surface area contributed by atoms with E-state index >= 15 is 0 Å². The number of rotatable bonds is 5. The molecule has 2 heterocycles. The van der Waals surface area contributed by atoms with Crippen molar-refractivity contribution in [3.05, 3.63) is 40.8 Å². The standard InChI is InChI=1S/C12H17BrN4O/c1-16-6-5-15-12(16)8-17(2)9(7-14)10-3-4-11(13)18-10/h3-6,9H,7-8,14H2,1-2H3. The molecule has 2 rings (SSSR count). The Balaban J connectivity index is 2.11. The first-order chi connectivity index (χ1) is 8.61. The lowest BCUT2D eigenvalue weighted by atomic mass is 10.2. The van der Waals surface area contributed by atoms with E-state index in [1.54, 1.807) is 6.20 Å². The monoisotopic (exact) mass is 312 g/mol. The molecule has 0 bridgehead atoms. The average molecular weight is 313 g/mol. The number of furan rings is 1. The number of hydrogen-bond acceptors (Lipinski definition) is 4. The molecule has 0 spiro atoms. The Hall–Kier alpha value is -1.11. The van der Waals surface area contributed by atoms with Crippen molar-refractivity contribution in [1.82, 2.24) is 14.5 Å². The fourth-order valence-electron chi connectivity index (χ4n) is 1.90. The zero-order valence-corrected chi connectivity index (χ0v) is 12.1. The van der Waals surface area contributed by atoms with Crippen molar-refractivity contribution in [3.63, 3.8) is 0 Å². The third-order valence-electron chi connectivity index (χ3n) is 2.99. The van der Waals surface area contributed by atoms with E-state index in [1.165, 1.54) is 0 Å². The number of hydrogen-bond donors (Lipinski definition) is 1. The van der Waals surface area contributed by atoms with Crippen molar-refractivity contribution < 1.29 is 4.42 Å². The number of halogens is 1. The highest BCUT2D eigenvalue weighted by Crippen LogP contribution is 2.24. The summed E-state index contributed by atoms with van der Waals surface area (Å²) in [4.78, 5) is 6.44. The molecular weight excluding hydrogens is 296 g/mol. The van der Waals surface area contributed by atoms with Crippen LogP contribution in [0, 0.1) is 0 Å². The molecule has 2 aromatic rings. The van der Waals surface area contributed by atoms with Crippen LogP contribution in [0.15, 0.2) is 33.6 Å². The molecule has 0 amide bonds. The number of nitrogens with zero attached hydrogens (tertiary/aromatic N) is 3. The summed E-state index contributed by atoms with van der Waals surface area (Å²) in [5.74, 6) is 1.86. The van der Waals surface area contributed by atoms with Gasteiger partial charge < -0.3 is 14.7 Å². The molecule has 0 aromatic carbocycles. The Kier molecular flexibility index (Phi) is 4.21. The van der Waals surface area contributed by atoms with Crippen LogP contribution in [0.2, 0.25) is 0 Å². The summed E-state index contributed by atoms with van der Waals surface area (Å²) in [6, 6.07) is 3.87. The predicted octanol–water partition coefficient (Wildman–Crippen LogP) is 1.91. The Labute approximate surface area is 115 Å². The molecule has 6 heteroatoms. The summed E-state index contributed by atoms with van der Waals surface area (Å²) >= 11 is 3.31. The van der Waals surface area contributed by atoms with E-state index in [0.717, 1.165) is 22.8 Å². The Morgan fingerprint density at radius 3 is 2.83 bits per heavy atom. The summed E-state index contributed by atoms with van der Waals surface area (Å²) in [6.45, 7) is 1.23. The first-order valence-corrected chi connectivity index (χ1v) is 6.53. The van der Waals surface area contributed by atoms with Gasteiger partial charge in [-0.05, 0) is 35.1 Å². The molecule has 98 valence electrons. The third-order valence-corrected chi connectivity index (χ3v) is 3.42. The maximum atomic E-state index is 5.84. The number of aromatic nitrogens is 2. The minimum atomic E-state index is 0.0491. The average Bonchev–Trinajstić information content (AvgIpc) is 2.91. The summed E-state index contributed by atoms with van der Waals surface area (Å²) in [7, 11) is 4.00. The summed E-state index contributed by atoms with van der Waals surface area (Å²) < 4.78 is 8.30. The van der Waals surface area contributed by atoms with Crippen LogP contribution in [0.25, 0.3) is 0 Å². The van der Waals surface area contributed by atoms with Crippen LogP contribution in [-0.4, -0.2) is 28.0 Å². The highest BCUT2D eigenvalue weighted by Gasteiger charge is 2.20. The normalized spacial score (nSPS) is 13.2. The van der Waals surface area contributed by atoms with Gasteiger partial charge in [-0.1, -0.05) is 0 Å². The summed E-state index contributed by atoms with van der Waals surface area (Å²) in [5, 5.41) is 0. The maximum absolute atomic E-state index is 5.84. The van der Waals surface area contributed by atoms with E-state index in [9.17, 15) is 0 Å². The van der Waals surface area contributed by atoms with Crippen LogP contribution in [0.3, 0.4) is 0 Å². The first kappa shape index (κ1) is 13.3. The highest BCUT2D eigenvalue weighted by molar-refractivity contribution is 9.10. The van der Waals surface area contributed by atoms with Crippen molar-refractivity contribution in [2.75, 3.05) is 13.6 Å². The molecule has 0 aliphatic heterocycles. The van der Waals surface area contributed by atoms with Gasteiger partial charge in [0.2, 0.25) is 0 Å². The molecule has 0 saturated heterocycles. The second kappa shape index (κ2) is 5.69. The second-order valence-electron chi connectivity index (χ2n) is 4.26. The van der Waals surface area contributed by atoms with Crippen LogP contribution in [0.1, 0.15) is 17.6 Å². The number of imidazole rings is 1. The highest BCUT2D eigenvalue weighted by atomic mass is 79.9. The Morgan fingerprint density at radius 1 is 1.56 bits per heavy atom. The lowest BCUT2D eigenvalue weighted by molar-refractivity contribution is 0.205. The van der Waals surface area contributed by atoms with E-state index in [-0.39, 0.29) is 6.04 Å². The third kappa shape index (κ3) is 2.82. The molecule has 5 nitrogen and oxygen atoms in total. The molecular formula is C12H17BrN4O. The summed E-state index contributed by atoms with van der Waals surface area (Å²) in [5.41, 5.74) is 5.84. The fourth-order valence-corrected chi connectivity index (χ4v) is 2.22. The molecule has 1 unspecified atom stereocenters. The van der Waals surface area contributed by atoms with Crippen LogP contribution in [0.4, 0.5) is 0 Å². The van der Waals surface area contributed by atoms with Crippen LogP contribution in [0.5, 0.6) is 0 Å². The van der Waals surface area contributed by atoms with Gasteiger partial charge in [0.25, 0.3) is 0 Å². The molecule has 1 atom stereocenters. The van der Waals surface area contributed by atoms with Crippen molar-refractivity contribution in [2.45, 2.75) is 12.6 Å². The number of nitrogens with two attached hydrogens (primary N) is 1. The van der Waals surface area contributed by atoms with Gasteiger partial charge in [0.1, 0.15) is 11.6 Å². The molecule has 0 aliphatic rings. The largest absolute Gasteiger partial charge is 0.453 e. The molecule has 2 N–H and O–H groups in total. The SMILES string of the molecule is CN(Cc1nccn1C)C(CN)c1ccc(Br)o1. The van der Waals surface area contributed by atoms with Gasteiger partial charge in [0.05, 0.1) is 12.6 Å². The van der Waals surface area contributed by atoms with Gasteiger partial charge in [0, 0.05) is 26.0 Å². The lowest BCUT2D eigenvalue weighted by Gasteiger charge is -2.24. The fraction of sp³-hybridized carbons (Fsp3) is 0.417. The van der Waals surface area contributed by atoms with Gasteiger partial charge in [-0.25, -0.2) is 4.98 Å². The van der Waals surface area contributed by atoms with E-state index in [2.05, 4.69) is 25.8 Å². The van der Waals surface area contributed by atoms with Gasteiger partial charge in [-0.15, -0.1) is 0 Å². The summed E-state index contributed by atoms with van der Waals surface area (Å²) in [6.07, 6.45) is 3.73. The van der Waals surface area contributed by atoms with Gasteiger partial charge >= 0.3 is 0 Å². The van der Waals surface area contributed by atoms with Gasteiger partial charge in [-0.3, -0.25) is 4.90 Å². The van der Waals surface area contributed by atoms with E-state index in [1.807, 2.05) is 37.0 Å². The lowest BCUT2D eigenvalue weighted by Crippen LogP contribution is -2.30. The van der Waals surface area contributed by atoms with Crippen LogP contribution in [-0.2, 0) is 13.6 Å². The number of aryl methyl sites for hydroxylation is 1. The first-order valence-electron chi connectivity index (χ1n) is 5.73. The topological polar surface area (TPSA) is 60.2 Å². The zero-order chi connectivity index (χ0) is 13.1. The van der Waals surface area contributed by atoms with Crippen molar-refractivity contribution in [3.8, 4) is 0 Å². The molecule has 18 heavy (non-hydrogen) atoms. The molecule has 0 radical (unpaired) electrons. The van der Waals surface area contributed by atoms with Crippen LogP contribution >= 0.6 is 15.9 Å².